The second kappa shape index (κ2) is 4.31. The van der Waals surface area contributed by atoms with Crippen molar-refractivity contribution >= 4 is 27.5 Å². The lowest BCUT2D eigenvalue weighted by atomic mass is 9.95. The number of aromatic nitrogens is 1. The summed E-state index contributed by atoms with van der Waals surface area (Å²) in [6.45, 7) is 7.53. The number of carbonyl (C=O) groups excluding carboxylic acids is 1. The molecule has 0 saturated carbocycles. The van der Waals surface area contributed by atoms with Crippen LogP contribution in [-0.2, 0) is 4.79 Å². The zero-order chi connectivity index (χ0) is 11.6. The highest BCUT2D eigenvalue weighted by Crippen LogP contribution is 2.24. The molecular formula is C11H15BrN2O. The van der Waals surface area contributed by atoms with Gasteiger partial charge < -0.3 is 5.32 Å². The number of hydrogen-bond acceptors (Lipinski definition) is 2. The van der Waals surface area contributed by atoms with Crippen LogP contribution in [-0.4, -0.2) is 10.9 Å². The molecule has 0 unspecified atom stereocenters. The first-order valence-electron chi connectivity index (χ1n) is 4.74. The Hall–Kier alpha value is -0.900. The van der Waals surface area contributed by atoms with Crippen LogP contribution in [0.4, 0.5) is 5.69 Å². The molecule has 15 heavy (non-hydrogen) atoms. The van der Waals surface area contributed by atoms with Crippen molar-refractivity contribution in [2.45, 2.75) is 27.7 Å². The molecule has 1 N–H and O–H groups in total. The molecule has 0 saturated heterocycles. The predicted octanol–water partition coefficient (Wildman–Crippen LogP) is 3.14. The van der Waals surface area contributed by atoms with Crippen LogP contribution in [0.1, 0.15) is 26.5 Å². The number of nitrogens with one attached hydrogen (secondary N) is 1. The molecule has 0 radical (unpaired) electrons. The molecule has 0 aromatic carbocycles. The molecule has 1 amide bonds. The number of rotatable bonds is 1. The Kier molecular flexibility index (Phi) is 3.50. The van der Waals surface area contributed by atoms with Crippen molar-refractivity contribution in [2.24, 2.45) is 5.41 Å². The maximum atomic E-state index is 11.7. The summed E-state index contributed by atoms with van der Waals surface area (Å²) in [5, 5.41) is 2.87. The largest absolute Gasteiger partial charge is 0.325 e. The van der Waals surface area contributed by atoms with Crippen molar-refractivity contribution < 1.29 is 4.79 Å². The zero-order valence-electron chi connectivity index (χ0n) is 9.39. The normalized spacial score (nSPS) is 11.3. The van der Waals surface area contributed by atoms with Crippen molar-refractivity contribution in [3.63, 3.8) is 0 Å². The quantitative estimate of drug-likeness (QED) is 0.852. The minimum Gasteiger partial charge on any atom is -0.325 e. The second-order valence-electron chi connectivity index (χ2n) is 4.51. The van der Waals surface area contributed by atoms with Gasteiger partial charge in [-0.1, -0.05) is 20.8 Å². The molecule has 1 aromatic rings. The number of pyridine rings is 1. The smallest absolute Gasteiger partial charge is 0.229 e. The van der Waals surface area contributed by atoms with Gasteiger partial charge in [0.15, 0.2) is 0 Å². The third kappa shape index (κ3) is 3.30. The Labute approximate surface area is 98.4 Å². The minimum atomic E-state index is -0.392. The van der Waals surface area contributed by atoms with E-state index in [1.54, 1.807) is 6.20 Å². The van der Waals surface area contributed by atoms with Crippen LogP contribution in [0, 0.1) is 12.3 Å². The van der Waals surface area contributed by atoms with Gasteiger partial charge in [-0.15, -0.1) is 0 Å². The standard InChI is InChI=1S/C11H15BrN2O/c1-7-5-9(8(12)6-13-7)14-10(15)11(2,3)4/h5-6H,1-4H3,(H,13,14,15). The summed E-state index contributed by atoms with van der Waals surface area (Å²) in [6.07, 6.45) is 1.69. The lowest BCUT2D eigenvalue weighted by Gasteiger charge is -2.18. The van der Waals surface area contributed by atoms with Gasteiger partial charge in [0.25, 0.3) is 0 Å². The Morgan fingerprint density at radius 3 is 2.60 bits per heavy atom. The van der Waals surface area contributed by atoms with E-state index in [4.69, 9.17) is 0 Å². The monoisotopic (exact) mass is 270 g/mol. The van der Waals surface area contributed by atoms with Gasteiger partial charge in [0.2, 0.25) is 5.91 Å². The molecule has 1 rings (SSSR count). The number of aryl methyl sites for hydroxylation is 1. The predicted molar refractivity (Wildman–Crippen MR) is 64.8 cm³/mol. The van der Waals surface area contributed by atoms with Gasteiger partial charge in [-0.3, -0.25) is 9.78 Å². The third-order valence-corrected chi connectivity index (χ3v) is 2.55. The molecule has 0 spiro atoms. The molecule has 1 aromatic heterocycles. The summed E-state index contributed by atoms with van der Waals surface area (Å²) in [4.78, 5) is 15.9. The molecule has 0 aliphatic carbocycles. The Bertz CT molecular complexity index is 383. The number of carbonyl (C=O) groups is 1. The van der Waals surface area contributed by atoms with Crippen LogP contribution >= 0.6 is 15.9 Å². The first kappa shape index (κ1) is 12.2. The summed E-state index contributed by atoms with van der Waals surface area (Å²) in [5.74, 6) is -0.00574. The molecule has 4 heteroatoms. The van der Waals surface area contributed by atoms with E-state index in [2.05, 4.69) is 26.2 Å². The van der Waals surface area contributed by atoms with Crippen molar-refractivity contribution in [1.82, 2.24) is 4.98 Å². The van der Waals surface area contributed by atoms with Crippen LogP contribution in [0.3, 0.4) is 0 Å². The molecule has 0 fully saturated rings. The van der Waals surface area contributed by atoms with Gasteiger partial charge in [0.1, 0.15) is 0 Å². The summed E-state index contributed by atoms with van der Waals surface area (Å²) in [5.41, 5.74) is 1.25. The van der Waals surface area contributed by atoms with Crippen LogP contribution < -0.4 is 5.32 Å². The molecule has 1 heterocycles. The van der Waals surface area contributed by atoms with Crippen LogP contribution in [0.5, 0.6) is 0 Å². The van der Waals surface area contributed by atoms with Gasteiger partial charge in [-0.05, 0) is 28.9 Å². The van der Waals surface area contributed by atoms with Gasteiger partial charge >= 0.3 is 0 Å². The van der Waals surface area contributed by atoms with Crippen molar-refractivity contribution in [1.29, 1.82) is 0 Å². The topological polar surface area (TPSA) is 42.0 Å². The van der Waals surface area contributed by atoms with E-state index in [0.717, 1.165) is 15.9 Å². The van der Waals surface area contributed by atoms with Crippen molar-refractivity contribution in [3.05, 3.63) is 22.4 Å². The Morgan fingerprint density at radius 1 is 1.47 bits per heavy atom. The van der Waals surface area contributed by atoms with Crippen LogP contribution in [0.2, 0.25) is 0 Å². The molecule has 0 atom stereocenters. The number of nitrogens with zero attached hydrogens (tertiary/aromatic N) is 1. The average molecular weight is 271 g/mol. The van der Waals surface area contributed by atoms with Gasteiger partial charge in [-0.25, -0.2) is 0 Å². The summed E-state index contributed by atoms with van der Waals surface area (Å²) in [7, 11) is 0. The first-order valence-corrected chi connectivity index (χ1v) is 5.53. The number of hydrogen-bond donors (Lipinski definition) is 1. The van der Waals surface area contributed by atoms with Crippen LogP contribution in [0.15, 0.2) is 16.7 Å². The number of anilines is 1. The maximum Gasteiger partial charge on any atom is 0.229 e. The van der Waals surface area contributed by atoms with Gasteiger partial charge in [0, 0.05) is 17.3 Å². The highest BCUT2D eigenvalue weighted by Gasteiger charge is 2.21. The fraction of sp³-hybridized carbons (Fsp3) is 0.455. The minimum absolute atomic E-state index is 0.00574. The molecule has 0 bridgehead atoms. The SMILES string of the molecule is Cc1cc(NC(=O)C(C)(C)C)c(Br)cn1. The van der Waals surface area contributed by atoms with E-state index in [9.17, 15) is 4.79 Å². The van der Waals surface area contributed by atoms with Gasteiger partial charge in [0.05, 0.1) is 10.2 Å². The highest BCUT2D eigenvalue weighted by molar-refractivity contribution is 9.10. The zero-order valence-corrected chi connectivity index (χ0v) is 11.0. The highest BCUT2D eigenvalue weighted by atomic mass is 79.9. The third-order valence-electron chi connectivity index (χ3n) is 1.92. The molecule has 0 aliphatic rings. The van der Waals surface area contributed by atoms with E-state index in [1.807, 2.05) is 33.8 Å². The molecular weight excluding hydrogens is 256 g/mol. The second-order valence-corrected chi connectivity index (χ2v) is 5.36. The summed E-state index contributed by atoms with van der Waals surface area (Å²) >= 11 is 3.35. The Morgan fingerprint density at radius 2 is 2.07 bits per heavy atom. The van der Waals surface area contributed by atoms with E-state index in [0.29, 0.717) is 0 Å². The summed E-state index contributed by atoms with van der Waals surface area (Å²) < 4.78 is 0.797. The van der Waals surface area contributed by atoms with E-state index in [-0.39, 0.29) is 5.91 Å². The number of amides is 1. The molecule has 0 aliphatic heterocycles. The van der Waals surface area contributed by atoms with E-state index in [1.165, 1.54) is 0 Å². The summed E-state index contributed by atoms with van der Waals surface area (Å²) in [6, 6.07) is 1.84. The van der Waals surface area contributed by atoms with E-state index >= 15 is 0 Å². The lowest BCUT2D eigenvalue weighted by molar-refractivity contribution is -0.123. The van der Waals surface area contributed by atoms with Crippen LogP contribution in [0.25, 0.3) is 0 Å². The van der Waals surface area contributed by atoms with E-state index < -0.39 is 5.41 Å². The fourth-order valence-corrected chi connectivity index (χ4v) is 1.26. The Balaban J connectivity index is 2.90. The lowest BCUT2D eigenvalue weighted by Crippen LogP contribution is -2.27. The molecule has 3 nitrogen and oxygen atoms in total. The van der Waals surface area contributed by atoms with Crippen molar-refractivity contribution in [2.75, 3.05) is 5.32 Å². The maximum absolute atomic E-state index is 11.7. The van der Waals surface area contributed by atoms with Crippen molar-refractivity contribution in [3.8, 4) is 0 Å². The molecule has 82 valence electrons. The average Bonchev–Trinajstić information content (AvgIpc) is 2.09. The first-order chi connectivity index (χ1) is 6.80. The fourth-order valence-electron chi connectivity index (χ4n) is 0.949. The van der Waals surface area contributed by atoms with Gasteiger partial charge in [-0.2, -0.15) is 0 Å². The number of halogens is 1.